The standard InChI is InChI=1S/C17H12FN3O2/c1-23-12-5-6-13-15(8-12)19-9-14-16(13)20-21(17(14)22)11-4-2-3-10(18)7-11/h2-9,20H,1H3. The van der Waals surface area contributed by atoms with Crippen LogP contribution < -0.4 is 10.3 Å². The minimum atomic E-state index is -0.402. The smallest absolute Gasteiger partial charge is 0.280 e. The number of pyridine rings is 1. The molecule has 0 amide bonds. The quantitative estimate of drug-likeness (QED) is 0.619. The number of fused-ring (bicyclic) bond motifs is 3. The van der Waals surface area contributed by atoms with E-state index < -0.39 is 5.82 Å². The molecule has 0 saturated heterocycles. The number of hydrogen-bond donors (Lipinski definition) is 1. The molecule has 2 heterocycles. The zero-order valence-corrected chi connectivity index (χ0v) is 12.2. The summed E-state index contributed by atoms with van der Waals surface area (Å²) in [6.45, 7) is 0. The summed E-state index contributed by atoms with van der Waals surface area (Å²) in [5.41, 5.74) is 1.54. The lowest BCUT2D eigenvalue weighted by Crippen LogP contribution is -2.14. The number of aromatic nitrogens is 3. The molecule has 0 radical (unpaired) electrons. The number of methoxy groups -OCH3 is 1. The molecule has 0 spiro atoms. The van der Waals surface area contributed by atoms with Gasteiger partial charge < -0.3 is 4.74 Å². The third-order valence-corrected chi connectivity index (χ3v) is 3.80. The van der Waals surface area contributed by atoms with Crippen molar-refractivity contribution in [3.8, 4) is 11.4 Å². The molecule has 2 aromatic carbocycles. The molecule has 0 bridgehead atoms. The van der Waals surface area contributed by atoms with Crippen LogP contribution in [-0.4, -0.2) is 21.9 Å². The summed E-state index contributed by atoms with van der Waals surface area (Å²) >= 11 is 0. The SMILES string of the molecule is COc1ccc2c(c1)ncc1c(=O)n(-c3cccc(F)c3)[nH]c12. The van der Waals surface area contributed by atoms with Gasteiger partial charge in [-0.05, 0) is 30.3 Å². The number of ether oxygens (including phenoxy) is 1. The second-order valence-electron chi connectivity index (χ2n) is 5.16. The molecule has 4 aromatic rings. The van der Waals surface area contributed by atoms with Crippen molar-refractivity contribution >= 4 is 21.8 Å². The van der Waals surface area contributed by atoms with Crippen LogP contribution in [0.2, 0.25) is 0 Å². The van der Waals surface area contributed by atoms with E-state index in [1.54, 1.807) is 31.4 Å². The first-order valence-corrected chi connectivity index (χ1v) is 7.01. The third-order valence-electron chi connectivity index (χ3n) is 3.80. The fourth-order valence-corrected chi connectivity index (χ4v) is 2.66. The first-order chi connectivity index (χ1) is 11.2. The van der Waals surface area contributed by atoms with E-state index in [1.165, 1.54) is 23.0 Å². The minimum Gasteiger partial charge on any atom is -0.497 e. The molecule has 0 aliphatic carbocycles. The molecule has 0 fully saturated rings. The first-order valence-electron chi connectivity index (χ1n) is 7.01. The second-order valence-corrected chi connectivity index (χ2v) is 5.16. The molecular formula is C17H12FN3O2. The van der Waals surface area contributed by atoms with Gasteiger partial charge in [-0.15, -0.1) is 0 Å². The van der Waals surface area contributed by atoms with E-state index in [1.807, 2.05) is 6.07 Å². The highest BCUT2D eigenvalue weighted by Gasteiger charge is 2.12. The van der Waals surface area contributed by atoms with E-state index >= 15 is 0 Å². The van der Waals surface area contributed by atoms with E-state index in [0.717, 1.165) is 5.39 Å². The molecule has 0 atom stereocenters. The maximum absolute atomic E-state index is 13.4. The Labute approximate surface area is 129 Å². The number of aromatic amines is 1. The summed E-state index contributed by atoms with van der Waals surface area (Å²) in [4.78, 5) is 16.9. The molecule has 6 heteroatoms. The second kappa shape index (κ2) is 4.95. The molecule has 0 unspecified atom stereocenters. The Morgan fingerprint density at radius 3 is 2.83 bits per heavy atom. The fraction of sp³-hybridized carbons (Fsp3) is 0.0588. The lowest BCUT2D eigenvalue weighted by molar-refractivity contribution is 0.415. The summed E-state index contributed by atoms with van der Waals surface area (Å²) in [7, 11) is 1.59. The van der Waals surface area contributed by atoms with Crippen LogP contribution in [0.15, 0.2) is 53.5 Å². The molecule has 23 heavy (non-hydrogen) atoms. The summed E-state index contributed by atoms with van der Waals surface area (Å²) < 4.78 is 19.9. The molecule has 1 N–H and O–H groups in total. The Morgan fingerprint density at radius 2 is 2.04 bits per heavy atom. The van der Waals surface area contributed by atoms with E-state index in [2.05, 4.69) is 10.1 Å². The van der Waals surface area contributed by atoms with Crippen molar-refractivity contribution in [2.24, 2.45) is 0 Å². The monoisotopic (exact) mass is 309 g/mol. The lowest BCUT2D eigenvalue weighted by atomic mass is 10.1. The summed E-state index contributed by atoms with van der Waals surface area (Å²) in [6.07, 6.45) is 1.52. The molecule has 4 rings (SSSR count). The van der Waals surface area contributed by atoms with Gasteiger partial charge in [0.05, 0.1) is 29.2 Å². The average Bonchev–Trinajstić information content (AvgIpc) is 2.91. The fourth-order valence-electron chi connectivity index (χ4n) is 2.66. The first kappa shape index (κ1) is 13.5. The van der Waals surface area contributed by atoms with Gasteiger partial charge >= 0.3 is 0 Å². The van der Waals surface area contributed by atoms with Crippen molar-refractivity contribution < 1.29 is 9.13 Å². The van der Waals surface area contributed by atoms with Crippen molar-refractivity contribution in [2.45, 2.75) is 0 Å². The maximum Gasteiger partial charge on any atom is 0.280 e. The van der Waals surface area contributed by atoms with Gasteiger partial charge in [0.2, 0.25) is 0 Å². The Balaban J connectivity index is 2.03. The van der Waals surface area contributed by atoms with E-state index in [4.69, 9.17) is 4.74 Å². The number of hydrogen-bond acceptors (Lipinski definition) is 3. The molecule has 2 aromatic heterocycles. The highest BCUT2D eigenvalue weighted by molar-refractivity contribution is 6.03. The van der Waals surface area contributed by atoms with Gasteiger partial charge in [-0.2, -0.15) is 0 Å². The molecule has 0 aliphatic rings. The van der Waals surface area contributed by atoms with Crippen molar-refractivity contribution in [2.75, 3.05) is 7.11 Å². The van der Waals surface area contributed by atoms with Crippen LogP contribution in [0.4, 0.5) is 4.39 Å². The Morgan fingerprint density at radius 1 is 1.17 bits per heavy atom. The average molecular weight is 309 g/mol. The summed E-state index contributed by atoms with van der Waals surface area (Å²) in [5, 5.41) is 4.30. The van der Waals surface area contributed by atoms with Crippen molar-refractivity contribution in [3.05, 3.63) is 64.8 Å². The van der Waals surface area contributed by atoms with E-state index in [9.17, 15) is 9.18 Å². The van der Waals surface area contributed by atoms with Crippen molar-refractivity contribution in [3.63, 3.8) is 0 Å². The van der Waals surface area contributed by atoms with Crippen molar-refractivity contribution in [1.29, 1.82) is 0 Å². The highest BCUT2D eigenvalue weighted by atomic mass is 19.1. The summed E-state index contributed by atoms with van der Waals surface area (Å²) in [6, 6.07) is 11.3. The predicted octanol–water partition coefficient (Wildman–Crippen LogP) is 3.01. The number of benzene rings is 2. The van der Waals surface area contributed by atoms with Crippen LogP contribution in [0, 0.1) is 5.82 Å². The van der Waals surface area contributed by atoms with Gasteiger partial charge in [-0.3, -0.25) is 14.9 Å². The zero-order valence-electron chi connectivity index (χ0n) is 12.2. The number of H-pyrrole nitrogens is 1. The number of nitrogens with one attached hydrogen (secondary N) is 1. The summed E-state index contributed by atoms with van der Waals surface area (Å²) in [5.74, 6) is 0.289. The zero-order chi connectivity index (χ0) is 16.0. The molecule has 0 aliphatic heterocycles. The highest BCUT2D eigenvalue weighted by Crippen LogP contribution is 2.24. The minimum absolute atomic E-state index is 0.268. The van der Waals surface area contributed by atoms with Crippen LogP contribution in [0.25, 0.3) is 27.5 Å². The Kier molecular flexibility index (Phi) is 2.90. The van der Waals surface area contributed by atoms with Gasteiger partial charge in [-0.1, -0.05) is 6.07 Å². The lowest BCUT2D eigenvalue weighted by Gasteiger charge is -2.02. The maximum atomic E-state index is 13.4. The molecule has 0 saturated carbocycles. The third kappa shape index (κ3) is 2.07. The van der Waals surface area contributed by atoms with Gasteiger partial charge in [0.1, 0.15) is 11.6 Å². The predicted molar refractivity (Wildman–Crippen MR) is 85.7 cm³/mol. The molecule has 5 nitrogen and oxygen atoms in total. The van der Waals surface area contributed by atoms with Gasteiger partial charge in [0.25, 0.3) is 5.56 Å². The van der Waals surface area contributed by atoms with E-state index in [-0.39, 0.29) is 5.56 Å². The number of rotatable bonds is 2. The van der Waals surface area contributed by atoms with Gasteiger partial charge in [0, 0.05) is 17.6 Å². The van der Waals surface area contributed by atoms with Crippen LogP contribution in [0.3, 0.4) is 0 Å². The topological polar surface area (TPSA) is 59.9 Å². The van der Waals surface area contributed by atoms with Crippen LogP contribution >= 0.6 is 0 Å². The van der Waals surface area contributed by atoms with Gasteiger partial charge in [0.15, 0.2) is 0 Å². The van der Waals surface area contributed by atoms with Crippen LogP contribution in [0.5, 0.6) is 5.75 Å². The molecular weight excluding hydrogens is 297 g/mol. The van der Waals surface area contributed by atoms with Crippen LogP contribution in [-0.2, 0) is 0 Å². The largest absolute Gasteiger partial charge is 0.497 e. The number of halogens is 1. The Bertz CT molecular complexity index is 1100. The number of nitrogens with zero attached hydrogens (tertiary/aromatic N) is 2. The van der Waals surface area contributed by atoms with Crippen LogP contribution in [0.1, 0.15) is 0 Å². The Hall–Kier alpha value is -3.15. The van der Waals surface area contributed by atoms with Gasteiger partial charge in [-0.25, -0.2) is 9.07 Å². The molecule has 114 valence electrons. The normalized spacial score (nSPS) is 11.2. The van der Waals surface area contributed by atoms with E-state index in [0.29, 0.717) is 27.9 Å². The van der Waals surface area contributed by atoms with Crippen molar-refractivity contribution in [1.82, 2.24) is 14.8 Å².